The molecule has 1 rings (SSSR count). The number of nitro groups is 1. The molecule has 2 atom stereocenters. The molecule has 1 saturated carbocycles. The second-order valence-corrected chi connectivity index (χ2v) is 5.22. The molecule has 88 valence electrons. The Morgan fingerprint density at radius 1 is 1.33 bits per heavy atom. The van der Waals surface area contributed by atoms with E-state index >= 15 is 0 Å². The summed E-state index contributed by atoms with van der Waals surface area (Å²) in [5.74, 6) is 1.08. The lowest BCUT2D eigenvalue weighted by molar-refractivity contribution is -0.536. The summed E-state index contributed by atoms with van der Waals surface area (Å²) in [4.78, 5) is 10.8. The van der Waals surface area contributed by atoms with E-state index in [4.69, 9.17) is 0 Å². The fraction of sp³-hybridized carbons (Fsp3) is 1.00. The lowest BCUT2D eigenvalue weighted by atomic mass is 9.81. The topological polar surface area (TPSA) is 43.1 Å². The summed E-state index contributed by atoms with van der Waals surface area (Å²) in [5, 5.41) is 10.9. The van der Waals surface area contributed by atoms with Crippen molar-refractivity contribution >= 4 is 0 Å². The van der Waals surface area contributed by atoms with Gasteiger partial charge in [0, 0.05) is 17.3 Å². The van der Waals surface area contributed by atoms with Gasteiger partial charge in [0.05, 0.1) is 0 Å². The summed E-state index contributed by atoms with van der Waals surface area (Å²) < 4.78 is 0. The van der Waals surface area contributed by atoms with Gasteiger partial charge < -0.3 is 0 Å². The fourth-order valence-electron chi connectivity index (χ4n) is 2.59. The zero-order valence-electron chi connectivity index (χ0n) is 9.95. The molecular formula is C12H23NO2. The van der Waals surface area contributed by atoms with Crippen LogP contribution in [0.5, 0.6) is 0 Å². The molecule has 0 aromatic rings. The Hall–Kier alpha value is -0.600. The standard InChI is InChI=1S/C12H23NO2/c1-10(2)6-5-8-11-7-3-4-9-12(11)13(14)15/h10-12H,3-9H2,1-2H3/t11-,12+/m1/s1. The summed E-state index contributed by atoms with van der Waals surface area (Å²) in [6, 6.07) is -0.245. The van der Waals surface area contributed by atoms with Crippen molar-refractivity contribution in [3.05, 3.63) is 10.1 Å². The highest BCUT2D eigenvalue weighted by Gasteiger charge is 2.33. The molecule has 0 amide bonds. The SMILES string of the molecule is CC(C)CCC[C@H]1CCCC[C@@H]1[N+](=O)[O-]. The van der Waals surface area contributed by atoms with Gasteiger partial charge >= 0.3 is 0 Å². The van der Waals surface area contributed by atoms with Crippen LogP contribution in [0.25, 0.3) is 0 Å². The summed E-state index contributed by atoms with van der Waals surface area (Å²) in [6.07, 6.45) is 7.55. The number of rotatable bonds is 5. The van der Waals surface area contributed by atoms with Crippen LogP contribution < -0.4 is 0 Å². The third-order valence-electron chi connectivity index (χ3n) is 3.50. The van der Waals surface area contributed by atoms with E-state index in [2.05, 4.69) is 13.8 Å². The summed E-state index contributed by atoms with van der Waals surface area (Å²) in [7, 11) is 0. The van der Waals surface area contributed by atoms with Gasteiger partial charge in [0.2, 0.25) is 6.04 Å². The normalized spacial score (nSPS) is 26.9. The Labute approximate surface area is 92.4 Å². The molecule has 0 bridgehead atoms. The molecule has 1 aliphatic rings. The number of nitrogens with zero attached hydrogens (tertiary/aromatic N) is 1. The molecule has 15 heavy (non-hydrogen) atoms. The van der Waals surface area contributed by atoms with E-state index in [0.717, 1.165) is 38.0 Å². The molecule has 0 spiro atoms. The Balaban J connectivity index is 2.33. The van der Waals surface area contributed by atoms with E-state index in [1.165, 1.54) is 12.8 Å². The minimum Gasteiger partial charge on any atom is -0.264 e. The van der Waals surface area contributed by atoms with Crippen molar-refractivity contribution in [2.24, 2.45) is 11.8 Å². The van der Waals surface area contributed by atoms with Crippen LogP contribution in [-0.4, -0.2) is 11.0 Å². The van der Waals surface area contributed by atoms with E-state index in [9.17, 15) is 10.1 Å². The van der Waals surface area contributed by atoms with Crippen LogP contribution >= 0.6 is 0 Å². The van der Waals surface area contributed by atoms with Crippen LogP contribution in [0.15, 0.2) is 0 Å². The van der Waals surface area contributed by atoms with Crippen molar-refractivity contribution in [2.75, 3.05) is 0 Å². The average molecular weight is 213 g/mol. The third kappa shape index (κ3) is 4.18. The first-order valence-corrected chi connectivity index (χ1v) is 6.24. The molecule has 0 aliphatic heterocycles. The summed E-state index contributed by atoms with van der Waals surface area (Å²) in [5.41, 5.74) is 0. The van der Waals surface area contributed by atoms with E-state index in [-0.39, 0.29) is 11.0 Å². The largest absolute Gasteiger partial charge is 0.264 e. The molecule has 0 N–H and O–H groups in total. The minimum absolute atomic E-state index is 0.0425. The van der Waals surface area contributed by atoms with Gasteiger partial charge in [-0.25, -0.2) is 0 Å². The minimum atomic E-state index is -0.245. The van der Waals surface area contributed by atoms with Crippen LogP contribution in [0.4, 0.5) is 0 Å². The smallest absolute Gasteiger partial charge is 0.215 e. The highest BCUT2D eigenvalue weighted by atomic mass is 16.6. The Kier molecular flexibility index (Phi) is 5.06. The maximum atomic E-state index is 10.9. The fourth-order valence-corrected chi connectivity index (χ4v) is 2.59. The predicted molar refractivity (Wildman–Crippen MR) is 61.4 cm³/mol. The van der Waals surface area contributed by atoms with Crippen LogP contribution in [0.2, 0.25) is 0 Å². The lowest BCUT2D eigenvalue weighted by Crippen LogP contribution is -2.32. The van der Waals surface area contributed by atoms with Crippen LogP contribution in [0, 0.1) is 22.0 Å². The molecule has 0 heterocycles. The van der Waals surface area contributed by atoms with Crippen LogP contribution in [0.3, 0.4) is 0 Å². The van der Waals surface area contributed by atoms with Crippen molar-refractivity contribution in [2.45, 2.75) is 64.8 Å². The third-order valence-corrected chi connectivity index (χ3v) is 3.50. The number of hydrogen-bond donors (Lipinski definition) is 0. The van der Waals surface area contributed by atoms with Gasteiger partial charge in [0.1, 0.15) is 0 Å². The van der Waals surface area contributed by atoms with Gasteiger partial charge in [-0.3, -0.25) is 10.1 Å². The van der Waals surface area contributed by atoms with E-state index in [0.29, 0.717) is 5.92 Å². The van der Waals surface area contributed by atoms with Crippen LogP contribution in [0.1, 0.15) is 58.8 Å². The first-order chi connectivity index (χ1) is 7.11. The molecule has 1 aliphatic carbocycles. The zero-order chi connectivity index (χ0) is 11.3. The zero-order valence-corrected chi connectivity index (χ0v) is 9.95. The first-order valence-electron chi connectivity index (χ1n) is 6.24. The maximum absolute atomic E-state index is 10.9. The van der Waals surface area contributed by atoms with Gasteiger partial charge in [-0.15, -0.1) is 0 Å². The molecule has 3 heteroatoms. The molecule has 0 aromatic heterocycles. The Bertz CT molecular complexity index is 204. The monoisotopic (exact) mass is 213 g/mol. The number of hydrogen-bond acceptors (Lipinski definition) is 2. The van der Waals surface area contributed by atoms with E-state index < -0.39 is 0 Å². The second kappa shape index (κ2) is 6.09. The van der Waals surface area contributed by atoms with E-state index in [1.807, 2.05) is 0 Å². The van der Waals surface area contributed by atoms with Gasteiger partial charge in [-0.2, -0.15) is 0 Å². The van der Waals surface area contributed by atoms with Crippen molar-refractivity contribution in [1.29, 1.82) is 0 Å². The molecule has 3 nitrogen and oxygen atoms in total. The lowest BCUT2D eigenvalue weighted by Gasteiger charge is -2.25. The van der Waals surface area contributed by atoms with Crippen LogP contribution in [-0.2, 0) is 0 Å². The van der Waals surface area contributed by atoms with Crippen molar-refractivity contribution in [1.82, 2.24) is 0 Å². The first kappa shape index (κ1) is 12.5. The predicted octanol–water partition coefficient (Wildman–Crippen LogP) is 3.65. The van der Waals surface area contributed by atoms with Gasteiger partial charge in [0.25, 0.3) is 0 Å². The molecule has 0 unspecified atom stereocenters. The van der Waals surface area contributed by atoms with Gasteiger partial charge in [0.15, 0.2) is 0 Å². The quantitative estimate of drug-likeness (QED) is 0.517. The molecule has 0 radical (unpaired) electrons. The van der Waals surface area contributed by atoms with Gasteiger partial charge in [-0.1, -0.05) is 33.1 Å². The highest BCUT2D eigenvalue weighted by Crippen LogP contribution is 2.30. The summed E-state index contributed by atoms with van der Waals surface area (Å²) in [6.45, 7) is 4.43. The van der Waals surface area contributed by atoms with Crippen molar-refractivity contribution in [3.8, 4) is 0 Å². The molecule has 0 aromatic carbocycles. The van der Waals surface area contributed by atoms with Gasteiger partial charge in [-0.05, 0) is 25.2 Å². The maximum Gasteiger partial charge on any atom is 0.215 e. The molecule has 1 fully saturated rings. The average Bonchev–Trinajstić information content (AvgIpc) is 2.17. The Morgan fingerprint density at radius 2 is 2.00 bits per heavy atom. The Morgan fingerprint density at radius 3 is 2.60 bits per heavy atom. The molecular weight excluding hydrogens is 190 g/mol. The summed E-state index contributed by atoms with van der Waals surface area (Å²) >= 11 is 0. The second-order valence-electron chi connectivity index (χ2n) is 5.22. The van der Waals surface area contributed by atoms with E-state index in [1.54, 1.807) is 0 Å². The molecule has 0 saturated heterocycles. The van der Waals surface area contributed by atoms with Crippen molar-refractivity contribution in [3.63, 3.8) is 0 Å². The highest BCUT2D eigenvalue weighted by molar-refractivity contribution is 4.75. The van der Waals surface area contributed by atoms with Crippen molar-refractivity contribution < 1.29 is 4.92 Å².